The van der Waals surface area contributed by atoms with Crippen LogP contribution >= 0.6 is 0 Å². The van der Waals surface area contributed by atoms with E-state index in [9.17, 15) is 4.79 Å². The summed E-state index contributed by atoms with van der Waals surface area (Å²) in [4.78, 5) is 11.8. The van der Waals surface area contributed by atoms with Crippen molar-refractivity contribution in [3.8, 4) is 11.1 Å². The second-order valence-corrected chi connectivity index (χ2v) is 7.51. The Balaban J connectivity index is 0.000000767. The maximum atomic E-state index is 11.8. The molecule has 174 valence electrons. The highest BCUT2D eigenvalue weighted by Gasteiger charge is 2.28. The molecule has 0 saturated carbocycles. The highest BCUT2D eigenvalue weighted by Crippen LogP contribution is 2.44. The predicted octanol–water partition coefficient (Wildman–Crippen LogP) is 7.72. The van der Waals surface area contributed by atoms with Gasteiger partial charge in [-0.05, 0) is 35.7 Å². The van der Waals surface area contributed by atoms with Crippen molar-refractivity contribution in [2.24, 2.45) is 5.73 Å². The average Bonchev–Trinajstić information content (AvgIpc) is 3.16. The summed E-state index contributed by atoms with van der Waals surface area (Å²) in [7, 11) is 1.50. The monoisotopic (exact) mass is 427 g/mol. The lowest BCUT2D eigenvalue weighted by atomic mass is 9.98. The SMILES string of the molecule is CCCC.CCCC.CCCCC(=O)OCC1c2ccccc2-c2ccccc21.CN. The van der Waals surface area contributed by atoms with Crippen LogP contribution in [0.4, 0.5) is 0 Å². The molecule has 0 aromatic heterocycles. The second kappa shape index (κ2) is 18.6. The fourth-order valence-electron chi connectivity index (χ4n) is 3.01. The third-order valence-corrected chi connectivity index (χ3v) is 5.11. The fraction of sp³-hybridized carbons (Fsp3) is 0.536. The zero-order valence-electron chi connectivity index (χ0n) is 20.7. The zero-order valence-corrected chi connectivity index (χ0v) is 20.7. The van der Waals surface area contributed by atoms with Crippen molar-refractivity contribution < 1.29 is 9.53 Å². The van der Waals surface area contributed by atoms with Gasteiger partial charge in [-0.1, -0.05) is 115 Å². The molecule has 0 fully saturated rings. The third-order valence-electron chi connectivity index (χ3n) is 5.11. The number of ether oxygens (including phenoxy) is 1. The molecule has 0 bridgehead atoms. The van der Waals surface area contributed by atoms with E-state index in [0.717, 1.165) is 12.8 Å². The van der Waals surface area contributed by atoms with E-state index in [2.05, 4.69) is 88.9 Å². The van der Waals surface area contributed by atoms with Gasteiger partial charge >= 0.3 is 5.97 Å². The molecule has 0 amide bonds. The van der Waals surface area contributed by atoms with Gasteiger partial charge in [0.2, 0.25) is 0 Å². The standard InChI is InChI=1S/C19H20O2.2C4H10.CH5N/c1-2-3-12-19(20)21-13-18-16-10-6-4-8-14(16)15-9-5-7-11-17(15)18;2*1-3-4-2;1-2/h4-11,18H,2-3,12-13H2,1H3;2*3-4H2,1-2H3;2H2,1H3. The van der Waals surface area contributed by atoms with E-state index >= 15 is 0 Å². The summed E-state index contributed by atoms with van der Waals surface area (Å²) in [5.74, 6) is 0.0849. The van der Waals surface area contributed by atoms with Gasteiger partial charge < -0.3 is 10.5 Å². The van der Waals surface area contributed by atoms with Gasteiger partial charge in [-0.2, -0.15) is 0 Å². The lowest BCUT2D eigenvalue weighted by molar-refractivity contribution is -0.144. The van der Waals surface area contributed by atoms with Crippen LogP contribution in [0.15, 0.2) is 48.5 Å². The zero-order chi connectivity index (χ0) is 23.5. The Morgan fingerprint density at radius 1 is 0.742 bits per heavy atom. The molecule has 0 radical (unpaired) electrons. The number of hydrogen-bond donors (Lipinski definition) is 1. The van der Waals surface area contributed by atoms with Crippen LogP contribution in [0.5, 0.6) is 0 Å². The number of benzene rings is 2. The first kappa shape index (κ1) is 28.9. The molecule has 0 heterocycles. The first-order valence-corrected chi connectivity index (χ1v) is 12.1. The first-order valence-electron chi connectivity index (χ1n) is 12.1. The molecule has 3 nitrogen and oxygen atoms in total. The van der Waals surface area contributed by atoms with Crippen LogP contribution in [-0.4, -0.2) is 19.6 Å². The van der Waals surface area contributed by atoms with Crippen molar-refractivity contribution in [3.05, 3.63) is 59.7 Å². The van der Waals surface area contributed by atoms with E-state index < -0.39 is 0 Å². The Morgan fingerprint density at radius 3 is 1.55 bits per heavy atom. The van der Waals surface area contributed by atoms with Gasteiger partial charge in [0, 0.05) is 12.3 Å². The third kappa shape index (κ3) is 10.1. The Bertz CT molecular complexity index is 658. The highest BCUT2D eigenvalue weighted by atomic mass is 16.5. The Morgan fingerprint density at radius 2 is 1.16 bits per heavy atom. The molecule has 31 heavy (non-hydrogen) atoms. The van der Waals surface area contributed by atoms with Gasteiger partial charge in [0.05, 0.1) is 0 Å². The largest absolute Gasteiger partial charge is 0.465 e. The summed E-state index contributed by atoms with van der Waals surface area (Å²) < 4.78 is 5.50. The molecular formula is C28H45NO2. The van der Waals surface area contributed by atoms with Crippen molar-refractivity contribution in [1.29, 1.82) is 0 Å². The van der Waals surface area contributed by atoms with Crippen molar-refractivity contribution in [2.45, 2.75) is 85.5 Å². The summed E-state index contributed by atoms with van der Waals surface area (Å²) in [5, 5.41) is 0. The minimum absolute atomic E-state index is 0.0845. The molecule has 2 N–H and O–H groups in total. The number of carbonyl (C=O) groups excluding carboxylic acids is 1. The molecule has 0 aliphatic heterocycles. The molecule has 0 saturated heterocycles. The van der Waals surface area contributed by atoms with E-state index in [1.165, 1.54) is 55.0 Å². The first-order chi connectivity index (χ1) is 15.1. The number of rotatable bonds is 7. The number of fused-ring (bicyclic) bond motifs is 3. The molecule has 0 spiro atoms. The normalized spacial score (nSPS) is 10.8. The lowest BCUT2D eigenvalue weighted by Gasteiger charge is -2.14. The summed E-state index contributed by atoms with van der Waals surface area (Å²) in [6.07, 6.45) is 7.72. The number of hydrogen-bond acceptors (Lipinski definition) is 3. The van der Waals surface area contributed by atoms with E-state index in [0.29, 0.717) is 13.0 Å². The van der Waals surface area contributed by atoms with Crippen LogP contribution in [0, 0.1) is 0 Å². The summed E-state index contributed by atoms with van der Waals surface area (Å²) in [5.41, 5.74) is 9.56. The van der Waals surface area contributed by atoms with Crippen molar-refractivity contribution >= 4 is 5.97 Å². The molecule has 0 atom stereocenters. The molecule has 1 aliphatic rings. The maximum Gasteiger partial charge on any atom is 0.305 e. The van der Waals surface area contributed by atoms with Crippen molar-refractivity contribution in [3.63, 3.8) is 0 Å². The fourth-order valence-corrected chi connectivity index (χ4v) is 3.01. The van der Waals surface area contributed by atoms with Crippen LogP contribution in [0.25, 0.3) is 11.1 Å². The van der Waals surface area contributed by atoms with Crippen molar-refractivity contribution in [1.82, 2.24) is 0 Å². The van der Waals surface area contributed by atoms with E-state index in [4.69, 9.17) is 4.74 Å². The van der Waals surface area contributed by atoms with Gasteiger partial charge in [0.1, 0.15) is 6.61 Å². The number of carbonyl (C=O) groups is 1. The molecule has 3 rings (SSSR count). The Kier molecular flexibility index (Phi) is 17.3. The smallest absolute Gasteiger partial charge is 0.305 e. The van der Waals surface area contributed by atoms with Gasteiger partial charge in [-0.3, -0.25) is 4.79 Å². The van der Waals surface area contributed by atoms with E-state index in [1.807, 2.05) is 0 Å². The highest BCUT2D eigenvalue weighted by molar-refractivity contribution is 5.79. The predicted molar refractivity (Wildman–Crippen MR) is 135 cm³/mol. The minimum Gasteiger partial charge on any atom is -0.465 e. The number of nitrogens with two attached hydrogens (primary N) is 1. The lowest BCUT2D eigenvalue weighted by Crippen LogP contribution is -2.12. The summed E-state index contributed by atoms with van der Waals surface area (Å²) in [6.45, 7) is 11.2. The summed E-state index contributed by atoms with van der Waals surface area (Å²) in [6, 6.07) is 16.8. The molecule has 2 aromatic rings. The molecule has 0 unspecified atom stereocenters. The Labute approximate surface area is 191 Å². The maximum absolute atomic E-state index is 11.8. The molecule has 2 aromatic carbocycles. The van der Waals surface area contributed by atoms with Crippen molar-refractivity contribution in [2.75, 3.05) is 13.7 Å². The van der Waals surface area contributed by atoms with Gasteiger partial charge in [0.25, 0.3) is 0 Å². The van der Waals surface area contributed by atoms with Crippen LogP contribution in [0.2, 0.25) is 0 Å². The van der Waals surface area contributed by atoms with Gasteiger partial charge in [-0.25, -0.2) is 0 Å². The molecule has 3 heteroatoms. The number of unbranched alkanes of at least 4 members (excludes halogenated alkanes) is 3. The topological polar surface area (TPSA) is 52.3 Å². The average molecular weight is 428 g/mol. The minimum atomic E-state index is -0.0845. The van der Waals surface area contributed by atoms with Crippen LogP contribution < -0.4 is 5.73 Å². The van der Waals surface area contributed by atoms with Gasteiger partial charge in [-0.15, -0.1) is 0 Å². The van der Waals surface area contributed by atoms with Crippen LogP contribution in [-0.2, 0) is 9.53 Å². The second-order valence-electron chi connectivity index (χ2n) is 7.51. The van der Waals surface area contributed by atoms with Crippen LogP contribution in [0.3, 0.4) is 0 Å². The molecule has 1 aliphatic carbocycles. The number of esters is 1. The van der Waals surface area contributed by atoms with Gasteiger partial charge in [0.15, 0.2) is 0 Å². The molecular weight excluding hydrogens is 382 g/mol. The van der Waals surface area contributed by atoms with E-state index in [1.54, 1.807) is 0 Å². The van der Waals surface area contributed by atoms with Crippen LogP contribution in [0.1, 0.15) is 96.6 Å². The quantitative estimate of drug-likeness (QED) is 0.460. The van der Waals surface area contributed by atoms with E-state index in [-0.39, 0.29) is 11.9 Å². The Hall–Kier alpha value is -2.13. The summed E-state index contributed by atoms with van der Waals surface area (Å²) >= 11 is 0.